The molecule has 0 bridgehead atoms. The van der Waals surface area contributed by atoms with Gasteiger partial charge in [0.25, 0.3) is 0 Å². The minimum atomic E-state index is 0.165. The molecular formula is C14H25NO2S. The van der Waals surface area contributed by atoms with Gasteiger partial charge in [-0.25, -0.2) is 0 Å². The van der Waals surface area contributed by atoms with Gasteiger partial charge in [0, 0.05) is 28.4 Å². The smallest absolute Gasteiger partial charge is 0.0810 e. The molecule has 0 unspecified atom stereocenters. The zero-order chi connectivity index (χ0) is 13.4. The molecule has 0 aliphatic carbocycles. The summed E-state index contributed by atoms with van der Waals surface area (Å²) in [7, 11) is 0. The zero-order valence-corrected chi connectivity index (χ0v) is 12.7. The summed E-state index contributed by atoms with van der Waals surface area (Å²) in [4.78, 5) is 2.63. The third-order valence-electron chi connectivity index (χ3n) is 2.33. The van der Waals surface area contributed by atoms with E-state index in [1.165, 1.54) is 9.75 Å². The van der Waals surface area contributed by atoms with E-state index in [0.29, 0.717) is 19.8 Å². The molecule has 1 aromatic rings. The molecule has 4 heteroatoms. The van der Waals surface area contributed by atoms with Gasteiger partial charge >= 0.3 is 0 Å². The Labute approximate surface area is 114 Å². The predicted octanol–water partition coefficient (Wildman–Crippen LogP) is 3.19. The minimum absolute atomic E-state index is 0.165. The minimum Gasteiger partial charge on any atom is -0.379 e. The second kappa shape index (κ2) is 7.89. The van der Waals surface area contributed by atoms with Crippen molar-refractivity contribution in [1.82, 2.24) is 5.32 Å². The molecule has 0 spiro atoms. The average molecular weight is 271 g/mol. The van der Waals surface area contributed by atoms with Gasteiger partial charge in [0.2, 0.25) is 0 Å². The predicted molar refractivity (Wildman–Crippen MR) is 77.1 cm³/mol. The second-order valence-electron chi connectivity index (χ2n) is 5.22. The van der Waals surface area contributed by atoms with Gasteiger partial charge in [-0.2, -0.15) is 0 Å². The molecular weight excluding hydrogens is 246 g/mol. The maximum Gasteiger partial charge on any atom is 0.0810 e. The molecule has 18 heavy (non-hydrogen) atoms. The van der Waals surface area contributed by atoms with Gasteiger partial charge in [-0.05, 0) is 39.8 Å². The third kappa shape index (κ3) is 7.11. The number of hydrogen-bond donors (Lipinski definition) is 1. The van der Waals surface area contributed by atoms with Crippen molar-refractivity contribution in [3.8, 4) is 0 Å². The van der Waals surface area contributed by atoms with Gasteiger partial charge in [0.05, 0.1) is 19.8 Å². The molecule has 0 aliphatic rings. The lowest BCUT2D eigenvalue weighted by Gasteiger charge is -2.19. The fourth-order valence-electron chi connectivity index (χ4n) is 1.38. The number of thiophene rings is 1. The largest absolute Gasteiger partial charge is 0.379 e. The Bertz CT molecular complexity index is 331. The lowest BCUT2D eigenvalue weighted by atomic mass is 10.1. The van der Waals surface area contributed by atoms with E-state index < -0.39 is 0 Å². The van der Waals surface area contributed by atoms with Crippen molar-refractivity contribution in [2.45, 2.75) is 46.4 Å². The van der Waals surface area contributed by atoms with E-state index in [4.69, 9.17) is 9.47 Å². The van der Waals surface area contributed by atoms with Crippen molar-refractivity contribution in [1.29, 1.82) is 0 Å². The fourth-order valence-corrected chi connectivity index (χ4v) is 2.28. The van der Waals surface area contributed by atoms with E-state index in [2.05, 4.69) is 38.2 Å². The van der Waals surface area contributed by atoms with E-state index >= 15 is 0 Å². The number of nitrogens with one attached hydrogen (secondary N) is 1. The van der Waals surface area contributed by atoms with Gasteiger partial charge in [0.1, 0.15) is 0 Å². The van der Waals surface area contributed by atoms with Gasteiger partial charge in [-0.1, -0.05) is 0 Å². The number of ether oxygens (including phenoxy) is 2. The lowest BCUT2D eigenvalue weighted by molar-refractivity contribution is 0.0462. The highest BCUT2D eigenvalue weighted by Crippen LogP contribution is 2.18. The Balaban J connectivity index is 2.22. The highest BCUT2D eigenvalue weighted by Gasteiger charge is 2.09. The Morgan fingerprint density at radius 2 is 1.78 bits per heavy atom. The van der Waals surface area contributed by atoms with Crippen molar-refractivity contribution < 1.29 is 9.47 Å². The van der Waals surface area contributed by atoms with Crippen molar-refractivity contribution in [3.05, 3.63) is 21.9 Å². The standard InChI is InChI=1S/C14H25NO2S/c1-5-16-8-9-17-11-13-7-6-12(18-13)10-15-14(2,3)4/h6-7,15H,5,8-11H2,1-4H3. The van der Waals surface area contributed by atoms with E-state index in [0.717, 1.165) is 13.2 Å². The van der Waals surface area contributed by atoms with Crippen molar-refractivity contribution in [2.75, 3.05) is 19.8 Å². The van der Waals surface area contributed by atoms with Gasteiger partial charge in [-0.15, -0.1) is 11.3 Å². The van der Waals surface area contributed by atoms with Crippen LogP contribution in [0.2, 0.25) is 0 Å². The van der Waals surface area contributed by atoms with Crippen LogP contribution in [0.3, 0.4) is 0 Å². The molecule has 1 rings (SSSR count). The monoisotopic (exact) mass is 271 g/mol. The molecule has 0 radical (unpaired) electrons. The topological polar surface area (TPSA) is 30.5 Å². The summed E-state index contributed by atoms with van der Waals surface area (Å²) in [5.41, 5.74) is 0.165. The molecule has 0 fully saturated rings. The lowest BCUT2D eigenvalue weighted by Crippen LogP contribution is -2.34. The Hall–Kier alpha value is -0.420. The third-order valence-corrected chi connectivity index (χ3v) is 3.39. The molecule has 0 saturated heterocycles. The van der Waals surface area contributed by atoms with Crippen LogP contribution in [0.15, 0.2) is 12.1 Å². The first-order chi connectivity index (χ1) is 8.51. The van der Waals surface area contributed by atoms with Crippen molar-refractivity contribution in [3.63, 3.8) is 0 Å². The quantitative estimate of drug-likeness (QED) is 0.737. The Morgan fingerprint density at radius 3 is 2.44 bits per heavy atom. The van der Waals surface area contributed by atoms with Crippen LogP contribution in [-0.2, 0) is 22.6 Å². The summed E-state index contributed by atoms with van der Waals surface area (Å²) in [6.07, 6.45) is 0. The summed E-state index contributed by atoms with van der Waals surface area (Å²) in [6, 6.07) is 4.32. The van der Waals surface area contributed by atoms with E-state index in [1.807, 2.05) is 18.3 Å². The molecule has 104 valence electrons. The van der Waals surface area contributed by atoms with Crippen LogP contribution >= 0.6 is 11.3 Å². The average Bonchev–Trinajstić information content (AvgIpc) is 2.73. The molecule has 3 nitrogen and oxygen atoms in total. The maximum atomic E-state index is 5.55. The number of rotatable bonds is 8. The SMILES string of the molecule is CCOCCOCc1ccc(CNC(C)(C)C)s1. The first-order valence-corrected chi connectivity index (χ1v) is 7.31. The van der Waals surface area contributed by atoms with Crippen LogP contribution in [0.4, 0.5) is 0 Å². The molecule has 0 atom stereocenters. The van der Waals surface area contributed by atoms with E-state index in [-0.39, 0.29) is 5.54 Å². The molecule has 0 amide bonds. The molecule has 1 heterocycles. The summed E-state index contributed by atoms with van der Waals surface area (Å²) in [6.45, 7) is 12.2. The fraction of sp³-hybridized carbons (Fsp3) is 0.714. The summed E-state index contributed by atoms with van der Waals surface area (Å²) in [5.74, 6) is 0. The summed E-state index contributed by atoms with van der Waals surface area (Å²) < 4.78 is 10.8. The second-order valence-corrected chi connectivity index (χ2v) is 6.47. The van der Waals surface area contributed by atoms with Crippen molar-refractivity contribution >= 4 is 11.3 Å². The first-order valence-electron chi connectivity index (χ1n) is 6.49. The molecule has 0 saturated carbocycles. The van der Waals surface area contributed by atoms with E-state index in [1.54, 1.807) is 0 Å². The summed E-state index contributed by atoms with van der Waals surface area (Å²) >= 11 is 1.81. The van der Waals surface area contributed by atoms with Crippen LogP contribution in [0.5, 0.6) is 0 Å². The number of hydrogen-bond acceptors (Lipinski definition) is 4. The zero-order valence-electron chi connectivity index (χ0n) is 11.9. The highest BCUT2D eigenvalue weighted by atomic mass is 32.1. The molecule has 1 aromatic heterocycles. The van der Waals surface area contributed by atoms with Gasteiger partial charge in [0.15, 0.2) is 0 Å². The highest BCUT2D eigenvalue weighted by molar-refractivity contribution is 7.11. The van der Waals surface area contributed by atoms with E-state index in [9.17, 15) is 0 Å². The van der Waals surface area contributed by atoms with Crippen LogP contribution in [0.25, 0.3) is 0 Å². The first kappa shape index (κ1) is 15.6. The molecule has 0 aliphatic heterocycles. The van der Waals surface area contributed by atoms with Crippen LogP contribution in [-0.4, -0.2) is 25.4 Å². The Kier molecular flexibility index (Phi) is 6.86. The van der Waals surface area contributed by atoms with Crippen LogP contribution < -0.4 is 5.32 Å². The normalized spacial score (nSPS) is 12.0. The van der Waals surface area contributed by atoms with Gasteiger partial charge < -0.3 is 14.8 Å². The maximum absolute atomic E-state index is 5.55. The molecule has 0 aromatic carbocycles. The van der Waals surface area contributed by atoms with Gasteiger partial charge in [-0.3, -0.25) is 0 Å². The molecule has 1 N–H and O–H groups in total. The summed E-state index contributed by atoms with van der Waals surface area (Å²) in [5, 5.41) is 3.49. The van der Waals surface area contributed by atoms with Crippen LogP contribution in [0.1, 0.15) is 37.4 Å². The van der Waals surface area contributed by atoms with Crippen LogP contribution in [0, 0.1) is 0 Å². The Morgan fingerprint density at radius 1 is 1.11 bits per heavy atom. The van der Waals surface area contributed by atoms with Crippen molar-refractivity contribution in [2.24, 2.45) is 0 Å².